The zero-order chi connectivity index (χ0) is 65.6. The maximum atomic E-state index is 12.2. The van der Waals surface area contributed by atoms with E-state index in [4.69, 9.17) is 147 Å². The predicted octanol–water partition coefficient (Wildman–Crippen LogP) is 16.3. The SMILES string of the molecule is CCOP(=S)(OCC)Oc1ccc2c(C)c(Cl)c(=O)oc2c1.CCOP(=S)(OCC)Oc1ccc2c3c(c(=O)oc2c1)CCCC3.CCOP(=S)(OCC)SC1OCCOC1SP(=S)(OCC)OCC.COP(=O)(OC)SCn1c(=O)oc2cc(Cl)cnc21. The zero-order valence-electron chi connectivity index (χ0n) is 50.7. The van der Waals surface area contributed by atoms with Crippen molar-refractivity contribution in [2.45, 2.75) is 105 Å². The third kappa shape index (κ3) is 23.3. The summed E-state index contributed by atoms with van der Waals surface area (Å²) in [6.07, 6.45) is 5.23. The van der Waals surface area contributed by atoms with Gasteiger partial charge in [-0.05, 0) is 181 Å². The van der Waals surface area contributed by atoms with Crippen molar-refractivity contribution >= 4 is 169 Å². The first kappa shape index (κ1) is 78.6. The molecule has 0 bridgehead atoms. The number of pyridine rings is 1. The van der Waals surface area contributed by atoms with Crippen molar-refractivity contribution < 1.29 is 81.6 Å². The molecule has 5 heterocycles. The van der Waals surface area contributed by atoms with E-state index in [0.29, 0.717) is 105 Å². The molecule has 0 saturated carbocycles. The maximum Gasteiger partial charge on any atom is 0.421 e. The van der Waals surface area contributed by atoms with Gasteiger partial charge in [0.05, 0.1) is 77.0 Å². The zero-order valence-corrected chi connectivity index (χ0v) is 62.4. The average molecular weight is 1510 g/mol. The van der Waals surface area contributed by atoms with E-state index in [-0.39, 0.29) is 33.0 Å². The van der Waals surface area contributed by atoms with Gasteiger partial charge >= 0.3 is 37.2 Å². The Hall–Kier alpha value is -1.14. The van der Waals surface area contributed by atoms with E-state index in [0.717, 1.165) is 59.0 Å². The van der Waals surface area contributed by atoms with Gasteiger partial charge in [-0.1, -0.05) is 23.2 Å². The van der Waals surface area contributed by atoms with E-state index in [1.807, 2.05) is 67.5 Å². The Morgan fingerprint density at radius 1 is 0.596 bits per heavy atom. The molecule has 0 spiro atoms. The molecule has 2 atom stereocenters. The van der Waals surface area contributed by atoms with Crippen LogP contribution in [0.2, 0.25) is 10.0 Å². The van der Waals surface area contributed by atoms with Crippen molar-refractivity contribution in [1.82, 2.24) is 9.55 Å². The minimum Gasteiger partial charge on any atom is -0.424 e. The summed E-state index contributed by atoms with van der Waals surface area (Å²) in [6.45, 7) is 12.2. The quantitative estimate of drug-likeness (QED) is 0.0312. The first-order valence-electron chi connectivity index (χ1n) is 27.7. The summed E-state index contributed by atoms with van der Waals surface area (Å²) in [7, 11) is 2.54. The number of hydrogen-bond acceptors (Lipinski definition) is 29. The van der Waals surface area contributed by atoms with Gasteiger partial charge in [0, 0.05) is 78.6 Å². The molecule has 2 aliphatic rings. The molecule has 6 aromatic rings. The summed E-state index contributed by atoms with van der Waals surface area (Å²) in [5, 5.41) is 2.14. The van der Waals surface area contributed by atoms with Gasteiger partial charge in [0.1, 0.15) is 38.6 Å². The molecule has 4 aromatic heterocycles. The summed E-state index contributed by atoms with van der Waals surface area (Å²) in [5.41, 5.74) is -2.43. The molecule has 1 aliphatic carbocycles. The number of halogens is 2. The molecule has 0 N–H and O–H groups in total. The molecular weight excluding hydrogens is 1440 g/mol. The third-order valence-electron chi connectivity index (χ3n) is 11.6. The Morgan fingerprint density at radius 2 is 1.03 bits per heavy atom. The topological polar surface area (TPSA) is 255 Å². The molecule has 0 radical (unpaired) electrons. The predicted molar refractivity (Wildman–Crippen MR) is 370 cm³/mol. The maximum absolute atomic E-state index is 12.2. The summed E-state index contributed by atoms with van der Waals surface area (Å²) in [6, 6.07) is 12.0. The van der Waals surface area contributed by atoms with Crippen LogP contribution in [0.15, 0.2) is 76.3 Å². The van der Waals surface area contributed by atoms with Gasteiger partial charge in [-0.3, -0.25) is 18.1 Å². The molecule has 23 nitrogen and oxygen atoms in total. The highest BCUT2D eigenvalue weighted by Crippen LogP contribution is 2.68. The number of oxazole rings is 1. The van der Waals surface area contributed by atoms with E-state index >= 15 is 0 Å². The van der Waals surface area contributed by atoms with Gasteiger partial charge in [0.2, 0.25) is 11.4 Å². The number of benzene rings is 2. The lowest BCUT2D eigenvalue weighted by Crippen LogP contribution is -2.34. The summed E-state index contributed by atoms with van der Waals surface area (Å²) >= 11 is 37.1. The van der Waals surface area contributed by atoms with Gasteiger partial charge in [-0.15, -0.1) is 0 Å². The van der Waals surface area contributed by atoms with Gasteiger partial charge < -0.3 is 58.9 Å². The van der Waals surface area contributed by atoms with Crippen LogP contribution in [0.5, 0.6) is 11.5 Å². The van der Waals surface area contributed by atoms with Crippen molar-refractivity contribution in [3.05, 3.63) is 107 Å². The third-order valence-corrected chi connectivity index (χ3v) is 31.9. The molecule has 498 valence electrons. The Kier molecular flexibility index (Phi) is 33.5. The van der Waals surface area contributed by atoms with Crippen LogP contribution in [0.1, 0.15) is 84.9 Å². The lowest BCUT2D eigenvalue weighted by atomic mass is 9.91. The molecular formula is C52H73Cl2N2O21P5S7. The number of nitrogens with zero attached hydrogens (tertiary/aromatic N) is 2. The van der Waals surface area contributed by atoms with E-state index < -0.39 is 43.0 Å². The van der Waals surface area contributed by atoms with Crippen LogP contribution in [0.25, 0.3) is 33.2 Å². The number of aromatic nitrogens is 2. The fourth-order valence-corrected chi connectivity index (χ4v) is 25.7. The smallest absolute Gasteiger partial charge is 0.421 e. The van der Waals surface area contributed by atoms with Crippen LogP contribution in [0.3, 0.4) is 0 Å². The highest BCUT2D eigenvalue weighted by molar-refractivity contribution is 8.69. The fourth-order valence-electron chi connectivity index (χ4n) is 8.00. The van der Waals surface area contributed by atoms with Gasteiger partial charge in [-0.2, -0.15) is 0 Å². The van der Waals surface area contributed by atoms with Crippen molar-refractivity contribution in [1.29, 1.82) is 0 Å². The highest BCUT2D eigenvalue weighted by Gasteiger charge is 2.39. The average Bonchev–Trinajstić information content (AvgIpc) is 4.02. The molecule has 89 heavy (non-hydrogen) atoms. The second-order valence-electron chi connectivity index (χ2n) is 17.5. The number of hydrogen-bond donors (Lipinski definition) is 0. The lowest BCUT2D eigenvalue weighted by Gasteiger charge is -2.35. The van der Waals surface area contributed by atoms with Crippen molar-refractivity contribution in [2.75, 3.05) is 80.3 Å². The molecule has 1 saturated heterocycles. The van der Waals surface area contributed by atoms with Gasteiger partial charge in [-0.25, -0.2) is 28.5 Å². The standard InChI is InChI=1S/C17H21O5PS.C14H16ClO5PS.C12H26O6P2S4.C9H10ClN2O5PS/c1-3-19-23(24,20-4-2)22-12-9-10-14-13-7-5-6-8-15(13)17(18)21-16(14)11-12;1-4-17-21(22,18-5-2)20-10-6-7-11-9(3)13(15)14(16)19-12(11)8-10;1-5-15-19(21,16-6-2)23-11-12(14-10-9-13-11)24-20(22,17-7-3)18-8-4;1-15-18(14,16-2)19-5-12-8-7(17-9(12)13)3-6(10)4-11-8/h9-11H,3-8H2,1-2H3;6-8H,4-5H2,1-3H3;11-12H,5-10H2,1-4H3;3-4H,5H2,1-2H3. The highest BCUT2D eigenvalue weighted by atomic mass is 35.5. The van der Waals surface area contributed by atoms with Crippen LogP contribution >= 0.6 is 89.0 Å². The lowest BCUT2D eigenvalue weighted by molar-refractivity contribution is -0.0654. The summed E-state index contributed by atoms with van der Waals surface area (Å²) in [4.78, 5) is 39.5. The van der Waals surface area contributed by atoms with Crippen molar-refractivity contribution in [3.63, 3.8) is 0 Å². The normalized spacial score (nSPS) is 15.6. The molecule has 37 heteroatoms. The fraction of sp³-hybridized carbons (Fsp3) is 0.538. The van der Waals surface area contributed by atoms with Crippen LogP contribution in [0, 0.1) is 6.92 Å². The van der Waals surface area contributed by atoms with E-state index in [1.165, 1.54) is 53.8 Å². The van der Waals surface area contributed by atoms with Gasteiger partial charge in [0.25, 0.3) is 0 Å². The number of fused-ring (bicyclic) bond motifs is 5. The second-order valence-corrected chi connectivity index (χ2v) is 41.1. The van der Waals surface area contributed by atoms with E-state index in [9.17, 15) is 18.9 Å². The number of aryl methyl sites for hydroxylation is 2. The molecule has 2 aromatic carbocycles. The van der Waals surface area contributed by atoms with Crippen LogP contribution < -0.4 is 26.1 Å². The molecule has 8 rings (SSSR count). The Bertz CT molecular complexity index is 3640. The summed E-state index contributed by atoms with van der Waals surface area (Å²) < 4.78 is 106. The molecule has 0 amide bonds. The monoisotopic (exact) mass is 1510 g/mol. The Balaban J connectivity index is 0.000000217. The van der Waals surface area contributed by atoms with E-state index in [1.54, 1.807) is 31.2 Å². The van der Waals surface area contributed by atoms with Crippen LogP contribution in [-0.2, 0) is 125 Å². The van der Waals surface area contributed by atoms with E-state index in [2.05, 4.69) is 4.98 Å². The first-order chi connectivity index (χ1) is 42.4. The first-order valence-corrected chi connectivity index (χ1v) is 45.0. The van der Waals surface area contributed by atoms with Crippen molar-refractivity contribution in [3.8, 4) is 11.5 Å². The van der Waals surface area contributed by atoms with Crippen LogP contribution in [-0.4, -0.2) is 101 Å². The van der Waals surface area contributed by atoms with Crippen molar-refractivity contribution in [2.24, 2.45) is 0 Å². The second kappa shape index (κ2) is 38.0. The number of rotatable bonds is 29. The van der Waals surface area contributed by atoms with Gasteiger partial charge in [0.15, 0.2) is 11.2 Å². The van der Waals surface area contributed by atoms with Crippen LogP contribution in [0.4, 0.5) is 0 Å². The molecule has 1 fully saturated rings. The minimum atomic E-state index is -3.27. The Morgan fingerprint density at radius 3 is 1.49 bits per heavy atom. The molecule has 2 unspecified atom stereocenters. The Labute approximate surface area is 559 Å². The molecule has 1 aliphatic heterocycles. The number of ether oxygens (including phenoxy) is 2. The minimum absolute atomic E-state index is 0.0272. The summed E-state index contributed by atoms with van der Waals surface area (Å²) in [5.74, 6) is 0.324. The largest absolute Gasteiger partial charge is 0.424 e.